The third-order valence-corrected chi connectivity index (χ3v) is 5.07. The van der Waals surface area contributed by atoms with Crippen molar-refractivity contribution in [2.75, 3.05) is 12.8 Å². The Morgan fingerprint density at radius 2 is 1.85 bits per heavy atom. The van der Waals surface area contributed by atoms with Crippen LogP contribution in [0.2, 0.25) is 0 Å². The van der Waals surface area contributed by atoms with Gasteiger partial charge in [0.2, 0.25) is 5.91 Å². The van der Waals surface area contributed by atoms with Crippen LogP contribution in [0.15, 0.2) is 60.0 Å². The summed E-state index contributed by atoms with van der Waals surface area (Å²) in [6, 6.07) is 13.8. The van der Waals surface area contributed by atoms with Gasteiger partial charge in [-0.25, -0.2) is 0 Å². The van der Waals surface area contributed by atoms with Crippen LogP contribution >= 0.6 is 11.8 Å². The van der Waals surface area contributed by atoms with Gasteiger partial charge < -0.3 is 9.47 Å². The maximum Gasteiger partial charge on any atom is 0.233 e. The van der Waals surface area contributed by atoms with Gasteiger partial charge in [0.25, 0.3) is 0 Å². The number of amides is 1. The minimum atomic E-state index is 0.0698. The van der Waals surface area contributed by atoms with Crippen molar-refractivity contribution in [2.24, 2.45) is 0 Å². The van der Waals surface area contributed by atoms with Gasteiger partial charge >= 0.3 is 0 Å². The van der Waals surface area contributed by atoms with E-state index in [4.69, 9.17) is 0 Å². The number of nitrogens with zero attached hydrogens (tertiary/aromatic N) is 5. The van der Waals surface area contributed by atoms with Gasteiger partial charge in [-0.2, -0.15) is 0 Å². The maximum atomic E-state index is 12.5. The second kappa shape index (κ2) is 9.32. The Morgan fingerprint density at radius 3 is 2.56 bits per heavy atom. The summed E-state index contributed by atoms with van der Waals surface area (Å²) in [6.45, 7) is 3.52. The lowest BCUT2D eigenvalue weighted by molar-refractivity contribution is -0.127. The zero-order valence-corrected chi connectivity index (χ0v) is 16.4. The van der Waals surface area contributed by atoms with Crippen molar-refractivity contribution in [2.45, 2.75) is 31.6 Å². The number of benzene rings is 1. The highest BCUT2D eigenvalue weighted by Gasteiger charge is 2.16. The van der Waals surface area contributed by atoms with Crippen molar-refractivity contribution < 1.29 is 4.79 Å². The SMILES string of the molecule is CCCn1c(SCC(=O)N(C)Cc2ccccc2)nnc1-c1ccncc1. The smallest absolute Gasteiger partial charge is 0.233 e. The molecule has 0 bridgehead atoms. The number of pyridine rings is 1. The Balaban J connectivity index is 1.67. The van der Waals surface area contributed by atoms with Gasteiger partial charge in [0.1, 0.15) is 0 Å². The number of thioether (sulfide) groups is 1. The van der Waals surface area contributed by atoms with Gasteiger partial charge in [-0.05, 0) is 24.1 Å². The number of carbonyl (C=O) groups is 1. The molecule has 6 nitrogen and oxygen atoms in total. The van der Waals surface area contributed by atoms with E-state index in [2.05, 4.69) is 26.7 Å². The largest absolute Gasteiger partial charge is 0.341 e. The molecule has 27 heavy (non-hydrogen) atoms. The van der Waals surface area contributed by atoms with Crippen LogP contribution in [0, 0.1) is 0 Å². The van der Waals surface area contributed by atoms with E-state index in [1.54, 1.807) is 17.3 Å². The molecule has 0 aliphatic rings. The van der Waals surface area contributed by atoms with E-state index >= 15 is 0 Å². The van der Waals surface area contributed by atoms with Gasteiger partial charge in [0.15, 0.2) is 11.0 Å². The van der Waals surface area contributed by atoms with E-state index in [9.17, 15) is 4.79 Å². The third kappa shape index (κ3) is 4.95. The molecule has 2 heterocycles. The zero-order valence-electron chi connectivity index (χ0n) is 15.6. The van der Waals surface area contributed by atoms with E-state index in [1.165, 1.54) is 11.8 Å². The number of carbonyl (C=O) groups excluding carboxylic acids is 1. The van der Waals surface area contributed by atoms with E-state index in [1.807, 2.05) is 49.5 Å². The van der Waals surface area contributed by atoms with Crippen LogP contribution in [0.4, 0.5) is 0 Å². The van der Waals surface area contributed by atoms with Crippen LogP contribution in [-0.4, -0.2) is 43.4 Å². The lowest BCUT2D eigenvalue weighted by Crippen LogP contribution is -2.27. The minimum Gasteiger partial charge on any atom is -0.341 e. The maximum absolute atomic E-state index is 12.5. The standard InChI is InChI=1S/C20H23N5OS/c1-3-13-25-19(17-9-11-21-12-10-17)22-23-20(25)27-15-18(26)24(2)14-16-7-5-4-6-8-16/h4-12H,3,13-15H2,1-2H3. The Bertz CT molecular complexity index is 867. The van der Waals surface area contributed by atoms with Crippen molar-refractivity contribution in [1.29, 1.82) is 0 Å². The molecule has 1 aromatic carbocycles. The molecule has 0 unspecified atom stereocenters. The molecule has 7 heteroatoms. The Morgan fingerprint density at radius 1 is 1.11 bits per heavy atom. The van der Waals surface area contributed by atoms with Crippen molar-refractivity contribution >= 4 is 17.7 Å². The first-order valence-electron chi connectivity index (χ1n) is 8.93. The second-order valence-electron chi connectivity index (χ2n) is 6.22. The summed E-state index contributed by atoms with van der Waals surface area (Å²) >= 11 is 1.43. The fourth-order valence-electron chi connectivity index (χ4n) is 2.72. The number of hydrogen-bond donors (Lipinski definition) is 0. The second-order valence-corrected chi connectivity index (χ2v) is 7.16. The van der Waals surface area contributed by atoms with Crippen LogP contribution in [-0.2, 0) is 17.9 Å². The molecule has 3 aromatic rings. The summed E-state index contributed by atoms with van der Waals surface area (Å²) in [5.41, 5.74) is 2.10. The fourth-order valence-corrected chi connectivity index (χ4v) is 3.62. The molecule has 3 rings (SSSR count). The summed E-state index contributed by atoms with van der Waals surface area (Å²) in [4.78, 5) is 18.3. The monoisotopic (exact) mass is 381 g/mol. The van der Waals surface area contributed by atoms with Crippen molar-refractivity contribution in [1.82, 2.24) is 24.6 Å². The van der Waals surface area contributed by atoms with E-state index in [0.717, 1.165) is 35.1 Å². The van der Waals surface area contributed by atoms with Crippen molar-refractivity contribution in [3.8, 4) is 11.4 Å². The van der Waals surface area contributed by atoms with E-state index in [0.29, 0.717) is 12.3 Å². The number of rotatable bonds is 8. The van der Waals surface area contributed by atoms with Crippen LogP contribution in [0.3, 0.4) is 0 Å². The van der Waals surface area contributed by atoms with Crippen molar-refractivity contribution in [3.05, 3.63) is 60.4 Å². The topological polar surface area (TPSA) is 63.9 Å². The first-order valence-corrected chi connectivity index (χ1v) is 9.92. The summed E-state index contributed by atoms with van der Waals surface area (Å²) in [5.74, 6) is 1.22. The Labute approximate surface area is 163 Å². The van der Waals surface area contributed by atoms with Crippen LogP contribution in [0.5, 0.6) is 0 Å². The van der Waals surface area contributed by atoms with E-state index < -0.39 is 0 Å². The third-order valence-electron chi connectivity index (χ3n) is 4.12. The van der Waals surface area contributed by atoms with E-state index in [-0.39, 0.29) is 5.91 Å². The lowest BCUT2D eigenvalue weighted by Gasteiger charge is -2.17. The first-order chi connectivity index (χ1) is 13.2. The van der Waals surface area contributed by atoms with Crippen LogP contribution in [0.25, 0.3) is 11.4 Å². The molecule has 0 atom stereocenters. The quantitative estimate of drug-likeness (QED) is 0.559. The molecular formula is C20H23N5OS. The van der Waals surface area contributed by atoms with Gasteiger partial charge in [0.05, 0.1) is 5.75 Å². The molecule has 0 radical (unpaired) electrons. The molecule has 0 saturated carbocycles. The molecule has 2 aromatic heterocycles. The molecule has 1 amide bonds. The Hall–Kier alpha value is -2.67. The molecule has 0 aliphatic carbocycles. The summed E-state index contributed by atoms with van der Waals surface area (Å²) in [7, 11) is 1.83. The van der Waals surface area contributed by atoms with Gasteiger partial charge in [-0.1, -0.05) is 49.0 Å². The molecule has 0 aliphatic heterocycles. The predicted octanol–water partition coefficient (Wildman–Crippen LogP) is 3.50. The average molecular weight is 382 g/mol. The van der Waals surface area contributed by atoms with Gasteiger partial charge in [-0.3, -0.25) is 9.78 Å². The molecule has 0 saturated heterocycles. The van der Waals surface area contributed by atoms with Gasteiger partial charge in [0, 0.05) is 38.1 Å². The molecule has 0 spiro atoms. The molecule has 0 fully saturated rings. The van der Waals surface area contributed by atoms with Crippen LogP contribution < -0.4 is 0 Å². The first kappa shape index (κ1) is 19.1. The minimum absolute atomic E-state index is 0.0698. The highest BCUT2D eigenvalue weighted by atomic mass is 32.2. The van der Waals surface area contributed by atoms with Crippen LogP contribution in [0.1, 0.15) is 18.9 Å². The Kier molecular flexibility index (Phi) is 6.59. The van der Waals surface area contributed by atoms with Gasteiger partial charge in [-0.15, -0.1) is 10.2 Å². The number of hydrogen-bond acceptors (Lipinski definition) is 5. The summed E-state index contributed by atoms with van der Waals surface area (Å²) in [5, 5.41) is 9.41. The summed E-state index contributed by atoms with van der Waals surface area (Å²) in [6.07, 6.45) is 4.45. The molecule has 140 valence electrons. The molecular weight excluding hydrogens is 358 g/mol. The number of aromatic nitrogens is 4. The van der Waals surface area contributed by atoms with Crippen molar-refractivity contribution in [3.63, 3.8) is 0 Å². The molecule has 0 N–H and O–H groups in total. The highest BCUT2D eigenvalue weighted by molar-refractivity contribution is 7.99. The lowest BCUT2D eigenvalue weighted by atomic mass is 10.2. The highest BCUT2D eigenvalue weighted by Crippen LogP contribution is 2.24. The summed E-state index contributed by atoms with van der Waals surface area (Å²) < 4.78 is 2.07. The average Bonchev–Trinajstić information content (AvgIpc) is 3.10. The fraction of sp³-hybridized carbons (Fsp3) is 0.300. The zero-order chi connectivity index (χ0) is 19.1. The normalized spacial score (nSPS) is 10.7. The predicted molar refractivity (Wildman–Crippen MR) is 107 cm³/mol.